The van der Waals surface area contributed by atoms with Crippen LogP contribution in [0, 0.1) is 13.8 Å². The van der Waals surface area contributed by atoms with Gasteiger partial charge in [-0.25, -0.2) is 9.97 Å². The molecule has 5 heteroatoms. The predicted octanol–water partition coefficient (Wildman–Crippen LogP) is 5.80. The highest BCUT2D eigenvalue weighted by Crippen LogP contribution is 2.37. The Hall–Kier alpha value is -1.42. The highest BCUT2D eigenvalue weighted by molar-refractivity contribution is 7.13. The minimum absolute atomic E-state index is 0.382. The second-order valence-corrected chi connectivity index (χ2v) is 6.38. The van der Waals surface area contributed by atoms with Crippen molar-refractivity contribution >= 4 is 34.5 Å². The lowest BCUT2D eigenvalue weighted by Gasteiger charge is -2.10. The number of thiophene rings is 1. The summed E-state index contributed by atoms with van der Waals surface area (Å²) in [4.78, 5) is 9.87. The highest BCUT2D eigenvalue weighted by atomic mass is 35.5. The standard InChI is InChI=1S/C16H12Cl2N2S/c1-9-5-3-4-6-11(9)12-14(17)19-16(20-15(12)18)13-10(2)7-8-21-13/h3-8H,1-2H3. The monoisotopic (exact) mass is 334 g/mol. The van der Waals surface area contributed by atoms with Crippen molar-refractivity contribution in [3.8, 4) is 21.8 Å². The van der Waals surface area contributed by atoms with Crippen LogP contribution in [0.4, 0.5) is 0 Å². The summed E-state index contributed by atoms with van der Waals surface area (Å²) in [5.41, 5.74) is 3.86. The lowest BCUT2D eigenvalue weighted by molar-refractivity contribution is 1.18. The Morgan fingerprint density at radius 2 is 1.57 bits per heavy atom. The molecule has 0 bridgehead atoms. The van der Waals surface area contributed by atoms with Crippen LogP contribution < -0.4 is 0 Å². The molecule has 21 heavy (non-hydrogen) atoms. The molecule has 2 nitrogen and oxygen atoms in total. The average molecular weight is 335 g/mol. The van der Waals surface area contributed by atoms with Crippen LogP contribution in [0.2, 0.25) is 10.3 Å². The fraction of sp³-hybridized carbons (Fsp3) is 0.125. The molecule has 0 aliphatic heterocycles. The van der Waals surface area contributed by atoms with E-state index in [4.69, 9.17) is 23.2 Å². The van der Waals surface area contributed by atoms with E-state index in [1.54, 1.807) is 11.3 Å². The van der Waals surface area contributed by atoms with Crippen molar-refractivity contribution in [1.29, 1.82) is 0 Å². The molecule has 1 aromatic carbocycles. The topological polar surface area (TPSA) is 25.8 Å². The SMILES string of the molecule is Cc1ccccc1-c1c(Cl)nc(-c2sccc2C)nc1Cl. The zero-order valence-corrected chi connectivity index (χ0v) is 13.9. The van der Waals surface area contributed by atoms with Crippen LogP contribution in [0.1, 0.15) is 11.1 Å². The van der Waals surface area contributed by atoms with E-state index in [0.717, 1.165) is 21.6 Å². The normalized spacial score (nSPS) is 10.9. The Labute approximate surface area is 137 Å². The summed E-state index contributed by atoms with van der Waals surface area (Å²) in [6.07, 6.45) is 0. The molecule has 2 heterocycles. The van der Waals surface area contributed by atoms with Crippen molar-refractivity contribution in [2.45, 2.75) is 13.8 Å². The Morgan fingerprint density at radius 1 is 0.905 bits per heavy atom. The van der Waals surface area contributed by atoms with Gasteiger partial charge in [-0.1, -0.05) is 47.5 Å². The fourth-order valence-electron chi connectivity index (χ4n) is 2.19. The molecule has 3 aromatic rings. The molecule has 2 aromatic heterocycles. The van der Waals surface area contributed by atoms with Crippen molar-refractivity contribution in [3.05, 3.63) is 57.1 Å². The summed E-state index contributed by atoms with van der Waals surface area (Å²) in [7, 11) is 0. The first kappa shape index (κ1) is 14.5. The summed E-state index contributed by atoms with van der Waals surface area (Å²) < 4.78 is 0. The quantitative estimate of drug-likeness (QED) is 0.554. The second-order valence-electron chi connectivity index (χ2n) is 4.75. The van der Waals surface area contributed by atoms with E-state index in [1.807, 2.05) is 49.6 Å². The number of aromatic nitrogens is 2. The van der Waals surface area contributed by atoms with Gasteiger partial charge >= 0.3 is 0 Å². The maximum atomic E-state index is 6.38. The summed E-state index contributed by atoms with van der Waals surface area (Å²) in [6, 6.07) is 9.94. The summed E-state index contributed by atoms with van der Waals surface area (Å²) in [5, 5.41) is 2.77. The Bertz CT molecular complexity index is 789. The van der Waals surface area contributed by atoms with Crippen LogP contribution >= 0.6 is 34.5 Å². The number of nitrogens with zero attached hydrogens (tertiary/aromatic N) is 2. The maximum absolute atomic E-state index is 6.38. The zero-order chi connectivity index (χ0) is 15.0. The minimum Gasteiger partial charge on any atom is -0.215 e. The van der Waals surface area contributed by atoms with Gasteiger partial charge in [0.15, 0.2) is 5.82 Å². The van der Waals surface area contributed by atoms with Crippen LogP contribution in [-0.4, -0.2) is 9.97 Å². The third-order valence-electron chi connectivity index (χ3n) is 3.30. The molecule has 106 valence electrons. The number of rotatable bonds is 2. The molecule has 0 unspecified atom stereocenters. The zero-order valence-electron chi connectivity index (χ0n) is 11.5. The molecule has 0 fully saturated rings. The van der Waals surface area contributed by atoms with Gasteiger partial charge in [-0.15, -0.1) is 11.3 Å². The Balaban J connectivity index is 2.18. The Kier molecular flexibility index (Phi) is 3.98. The molecule has 0 aliphatic rings. The molecular weight excluding hydrogens is 323 g/mol. The minimum atomic E-state index is 0.382. The first-order chi connectivity index (χ1) is 10.1. The molecule has 0 atom stereocenters. The van der Waals surface area contributed by atoms with E-state index < -0.39 is 0 Å². The molecule has 0 radical (unpaired) electrons. The van der Waals surface area contributed by atoms with E-state index in [-0.39, 0.29) is 0 Å². The molecule has 0 saturated carbocycles. The summed E-state index contributed by atoms with van der Waals surface area (Å²) in [6.45, 7) is 4.03. The van der Waals surface area contributed by atoms with Gasteiger partial charge in [0.1, 0.15) is 10.3 Å². The molecule has 0 saturated heterocycles. The van der Waals surface area contributed by atoms with Crippen LogP contribution in [0.15, 0.2) is 35.7 Å². The van der Waals surface area contributed by atoms with Crippen LogP contribution in [0.3, 0.4) is 0 Å². The molecule has 0 aliphatic carbocycles. The van der Waals surface area contributed by atoms with Gasteiger partial charge in [0.05, 0.1) is 10.4 Å². The van der Waals surface area contributed by atoms with Gasteiger partial charge in [0, 0.05) is 0 Å². The fourth-order valence-corrected chi connectivity index (χ4v) is 3.64. The van der Waals surface area contributed by atoms with E-state index in [0.29, 0.717) is 21.7 Å². The molecule has 0 N–H and O–H groups in total. The van der Waals surface area contributed by atoms with Gasteiger partial charge in [-0.3, -0.25) is 0 Å². The van der Waals surface area contributed by atoms with Crippen LogP contribution in [-0.2, 0) is 0 Å². The van der Waals surface area contributed by atoms with Crippen LogP contribution in [0.25, 0.3) is 21.8 Å². The van der Waals surface area contributed by atoms with Gasteiger partial charge in [0.25, 0.3) is 0 Å². The molecular formula is C16H12Cl2N2S. The lowest BCUT2D eigenvalue weighted by atomic mass is 10.0. The van der Waals surface area contributed by atoms with Gasteiger partial charge < -0.3 is 0 Å². The third-order valence-corrected chi connectivity index (χ3v) is 4.86. The number of halogens is 2. The average Bonchev–Trinajstić information content (AvgIpc) is 2.86. The molecule has 3 rings (SSSR count). The number of hydrogen-bond donors (Lipinski definition) is 0. The van der Waals surface area contributed by atoms with Crippen molar-refractivity contribution in [3.63, 3.8) is 0 Å². The third kappa shape index (κ3) is 2.69. The lowest BCUT2D eigenvalue weighted by Crippen LogP contribution is -1.95. The maximum Gasteiger partial charge on any atom is 0.172 e. The largest absolute Gasteiger partial charge is 0.215 e. The van der Waals surface area contributed by atoms with Gasteiger partial charge in [-0.2, -0.15) is 0 Å². The summed E-state index contributed by atoms with van der Waals surface area (Å²) >= 11 is 14.3. The molecule has 0 spiro atoms. The smallest absolute Gasteiger partial charge is 0.172 e. The highest BCUT2D eigenvalue weighted by Gasteiger charge is 2.17. The van der Waals surface area contributed by atoms with E-state index in [1.165, 1.54) is 0 Å². The van der Waals surface area contributed by atoms with Crippen molar-refractivity contribution in [2.75, 3.05) is 0 Å². The van der Waals surface area contributed by atoms with Crippen molar-refractivity contribution in [2.24, 2.45) is 0 Å². The second kappa shape index (κ2) is 5.76. The van der Waals surface area contributed by atoms with E-state index >= 15 is 0 Å². The molecule has 0 amide bonds. The van der Waals surface area contributed by atoms with Gasteiger partial charge in [-0.05, 0) is 42.0 Å². The first-order valence-electron chi connectivity index (χ1n) is 6.41. The predicted molar refractivity (Wildman–Crippen MR) is 90.3 cm³/mol. The Morgan fingerprint density at radius 3 is 2.14 bits per heavy atom. The van der Waals surface area contributed by atoms with Gasteiger partial charge in [0.2, 0.25) is 0 Å². The number of aryl methyl sites for hydroxylation is 2. The van der Waals surface area contributed by atoms with Crippen molar-refractivity contribution in [1.82, 2.24) is 9.97 Å². The first-order valence-corrected chi connectivity index (χ1v) is 8.05. The number of benzene rings is 1. The van der Waals surface area contributed by atoms with E-state index in [2.05, 4.69) is 9.97 Å². The number of hydrogen-bond acceptors (Lipinski definition) is 3. The van der Waals surface area contributed by atoms with Crippen LogP contribution in [0.5, 0.6) is 0 Å². The summed E-state index contributed by atoms with van der Waals surface area (Å²) in [5.74, 6) is 0.579. The van der Waals surface area contributed by atoms with Crippen molar-refractivity contribution < 1.29 is 0 Å². The van der Waals surface area contributed by atoms with E-state index in [9.17, 15) is 0 Å².